The van der Waals surface area contributed by atoms with Gasteiger partial charge < -0.3 is 16.0 Å². The van der Waals surface area contributed by atoms with Crippen molar-refractivity contribution in [1.82, 2.24) is 21.3 Å². The van der Waals surface area contributed by atoms with E-state index in [0.29, 0.717) is 6.04 Å². The van der Waals surface area contributed by atoms with E-state index in [1.165, 1.54) is 0 Å². The number of carbonyl (C=O) groups is 1. The third kappa shape index (κ3) is 5.29. The van der Waals surface area contributed by atoms with Gasteiger partial charge in [0.15, 0.2) is 0 Å². The molecule has 2 rings (SSSR count). The number of hydrogen-bond donors (Lipinski definition) is 5. The second-order valence-electron chi connectivity index (χ2n) is 5.88. The molecule has 1 aliphatic heterocycles. The summed E-state index contributed by atoms with van der Waals surface area (Å²) < 4.78 is 0. The van der Waals surface area contributed by atoms with Gasteiger partial charge in [-0.2, -0.15) is 0 Å². The Morgan fingerprint density at radius 3 is 2.91 bits per heavy atom. The molecule has 1 aromatic rings. The molecule has 1 aliphatic rings. The van der Waals surface area contributed by atoms with Gasteiger partial charge in [0.25, 0.3) is 0 Å². The van der Waals surface area contributed by atoms with E-state index in [2.05, 4.69) is 40.4 Å². The third-order valence-corrected chi connectivity index (χ3v) is 3.60. The first-order valence-electron chi connectivity index (χ1n) is 7.96. The third-order valence-electron chi connectivity index (χ3n) is 3.60. The molecule has 3 unspecified atom stereocenters. The minimum Gasteiger partial charge on any atom is -0.310 e. The molecule has 0 radical (unpaired) electrons. The Balaban J connectivity index is 1.84. The summed E-state index contributed by atoms with van der Waals surface area (Å²) in [7, 11) is 0. The zero-order chi connectivity index (χ0) is 15.9. The van der Waals surface area contributed by atoms with Crippen LogP contribution in [-0.2, 0) is 0 Å². The summed E-state index contributed by atoms with van der Waals surface area (Å²) in [5.41, 5.74) is 1.91. The molecular weight excluding hydrogens is 278 g/mol. The molecule has 1 aromatic carbocycles. The summed E-state index contributed by atoms with van der Waals surface area (Å²) in [4.78, 5) is 12.1. The van der Waals surface area contributed by atoms with Crippen LogP contribution >= 0.6 is 0 Å². The van der Waals surface area contributed by atoms with Gasteiger partial charge in [-0.1, -0.05) is 19.1 Å². The highest BCUT2D eigenvalue weighted by molar-refractivity contribution is 5.89. The molecule has 22 heavy (non-hydrogen) atoms. The summed E-state index contributed by atoms with van der Waals surface area (Å²) >= 11 is 0. The van der Waals surface area contributed by atoms with E-state index < -0.39 is 0 Å². The average Bonchev–Trinajstić information content (AvgIpc) is 2.44. The minimum atomic E-state index is -0.247. The van der Waals surface area contributed by atoms with Crippen LogP contribution < -0.4 is 26.6 Å². The SMILES string of the molecule is CCCNC1CC(C)NC(NC(=O)Nc2cccc(C)c2)N1. The summed E-state index contributed by atoms with van der Waals surface area (Å²) in [6.07, 6.45) is 2.03. The molecular formula is C16H27N5O. The highest BCUT2D eigenvalue weighted by Crippen LogP contribution is 2.09. The van der Waals surface area contributed by atoms with Crippen LogP contribution in [0.5, 0.6) is 0 Å². The molecule has 6 heteroatoms. The van der Waals surface area contributed by atoms with Gasteiger partial charge in [-0.15, -0.1) is 0 Å². The molecule has 0 saturated carbocycles. The molecule has 6 nitrogen and oxygen atoms in total. The number of aryl methyl sites for hydroxylation is 1. The van der Waals surface area contributed by atoms with E-state index in [1.54, 1.807) is 0 Å². The predicted molar refractivity (Wildman–Crippen MR) is 89.6 cm³/mol. The first-order chi connectivity index (χ1) is 10.6. The van der Waals surface area contributed by atoms with Crippen molar-refractivity contribution in [3.63, 3.8) is 0 Å². The molecule has 0 aromatic heterocycles. The van der Waals surface area contributed by atoms with Gasteiger partial charge in [0.1, 0.15) is 6.29 Å². The Morgan fingerprint density at radius 1 is 1.36 bits per heavy atom. The van der Waals surface area contributed by atoms with Crippen molar-refractivity contribution < 1.29 is 4.79 Å². The minimum absolute atomic E-state index is 0.209. The lowest BCUT2D eigenvalue weighted by atomic mass is 10.1. The largest absolute Gasteiger partial charge is 0.321 e. The zero-order valence-electron chi connectivity index (χ0n) is 13.6. The lowest BCUT2D eigenvalue weighted by molar-refractivity contribution is 0.194. The Bertz CT molecular complexity index is 493. The highest BCUT2D eigenvalue weighted by Gasteiger charge is 2.25. The zero-order valence-corrected chi connectivity index (χ0v) is 13.6. The molecule has 0 aliphatic carbocycles. The summed E-state index contributed by atoms with van der Waals surface area (Å²) in [5, 5.41) is 15.9. The van der Waals surface area contributed by atoms with E-state index in [4.69, 9.17) is 0 Å². The summed E-state index contributed by atoms with van der Waals surface area (Å²) in [6, 6.07) is 7.85. The van der Waals surface area contributed by atoms with E-state index in [9.17, 15) is 4.79 Å². The fraction of sp³-hybridized carbons (Fsp3) is 0.562. The van der Waals surface area contributed by atoms with Gasteiger partial charge in [-0.05, 0) is 50.9 Å². The van der Waals surface area contributed by atoms with Gasteiger partial charge in [-0.25, -0.2) is 4.79 Å². The fourth-order valence-corrected chi connectivity index (χ4v) is 2.59. The summed E-state index contributed by atoms with van der Waals surface area (Å²) in [5.74, 6) is 0. The van der Waals surface area contributed by atoms with Crippen molar-refractivity contribution in [2.45, 2.75) is 52.1 Å². The van der Waals surface area contributed by atoms with Crippen LogP contribution in [0.15, 0.2) is 24.3 Å². The van der Waals surface area contributed by atoms with Crippen molar-refractivity contribution in [2.75, 3.05) is 11.9 Å². The number of anilines is 1. The second kappa shape index (κ2) is 8.12. The number of carbonyl (C=O) groups excluding carboxylic acids is 1. The lowest BCUT2D eigenvalue weighted by Gasteiger charge is -2.36. The quantitative estimate of drug-likeness (QED) is 0.574. The molecule has 2 amide bonds. The second-order valence-corrected chi connectivity index (χ2v) is 5.88. The Morgan fingerprint density at radius 2 is 2.18 bits per heavy atom. The highest BCUT2D eigenvalue weighted by atomic mass is 16.2. The van der Waals surface area contributed by atoms with E-state index in [0.717, 1.165) is 30.6 Å². The van der Waals surface area contributed by atoms with Crippen molar-refractivity contribution in [1.29, 1.82) is 0 Å². The van der Waals surface area contributed by atoms with Crippen LogP contribution in [0, 0.1) is 6.92 Å². The van der Waals surface area contributed by atoms with Gasteiger partial charge in [0.2, 0.25) is 0 Å². The smallest absolute Gasteiger partial charge is 0.310 e. The van der Waals surface area contributed by atoms with Crippen molar-refractivity contribution >= 4 is 11.7 Å². The maximum Gasteiger partial charge on any atom is 0.321 e. The Kier molecular flexibility index (Phi) is 6.18. The molecule has 1 heterocycles. The van der Waals surface area contributed by atoms with E-state index in [-0.39, 0.29) is 18.5 Å². The maximum absolute atomic E-state index is 12.1. The molecule has 1 fully saturated rings. The number of benzene rings is 1. The van der Waals surface area contributed by atoms with Crippen LogP contribution in [-0.4, -0.2) is 31.1 Å². The Labute approximate surface area is 132 Å². The topological polar surface area (TPSA) is 77.2 Å². The normalized spacial score (nSPS) is 24.8. The fourth-order valence-electron chi connectivity index (χ4n) is 2.59. The first-order valence-corrected chi connectivity index (χ1v) is 7.96. The van der Waals surface area contributed by atoms with Crippen LogP contribution in [0.4, 0.5) is 10.5 Å². The molecule has 3 atom stereocenters. The van der Waals surface area contributed by atoms with Crippen molar-refractivity contribution in [3.05, 3.63) is 29.8 Å². The van der Waals surface area contributed by atoms with Crippen molar-refractivity contribution in [3.8, 4) is 0 Å². The van der Waals surface area contributed by atoms with Gasteiger partial charge >= 0.3 is 6.03 Å². The molecule has 0 spiro atoms. The molecule has 122 valence electrons. The number of nitrogens with one attached hydrogen (secondary N) is 5. The van der Waals surface area contributed by atoms with Crippen molar-refractivity contribution in [2.24, 2.45) is 0 Å². The van der Waals surface area contributed by atoms with Gasteiger partial charge in [0.05, 0.1) is 6.17 Å². The number of rotatable bonds is 5. The van der Waals surface area contributed by atoms with Gasteiger partial charge in [0, 0.05) is 11.7 Å². The number of hydrogen-bond acceptors (Lipinski definition) is 4. The van der Waals surface area contributed by atoms with Crippen LogP contribution in [0.1, 0.15) is 32.3 Å². The monoisotopic (exact) mass is 305 g/mol. The predicted octanol–water partition coefficient (Wildman–Crippen LogP) is 1.70. The number of amides is 2. The van der Waals surface area contributed by atoms with Crippen LogP contribution in [0.2, 0.25) is 0 Å². The molecule has 0 bridgehead atoms. The standard InChI is InChI=1S/C16H27N5O/c1-4-8-17-14-10-12(3)18-15(20-14)21-16(22)19-13-7-5-6-11(2)9-13/h5-7,9,12,14-15,17-18,20H,4,8,10H2,1-3H3,(H2,19,21,22). The van der Waals surface area contributed by atoms with E-state index in [1.807, 2.05) is 31.2 Å². The number of urea groups is 1. The lowest BCUT2D eigenvalue weighted by Crippen LogP contribution is -2.67. The Hall–Kier alpha value is -1.63. The first kappa shape index (κ1) is 16.7. The van der Waals surface area contributed by atoms with Crippen LogP contribution in [0.25, 0.3) is 0 Å². The molecule has 5 N–H and O–H groups in total. The molecule has 1 saturated heterocycles. The van der Waals surface area contributed by atoms with Gasteiger partial charge in [-0.3, -0.25) is 10.6 Å². The average molecular weight is 305 g/mol. The summed E-state index contributed by atoms with van der Waals surface area (Å²) in [6.45, 7) is 7.22. The maximum atomic E-state index is 12.1. The van der Waals surface area contributed by atoms with E-state index >= 15 is 0 Å². The van der Waals surface area contributed by atoms with Crippen LogP contribution in [0.3, 0.4) is 0 Å².